The highest BCUT2D eigenvalue weighted by molar-refractivity contribution is 6.30. The zero-order valence-electron chi connectivity index (χ0n) is 14.4. The van der Waals surface area contributed by atoms with Gasteiger partial charge in [0.15, 0.2) is 11.6 Å². The van der Waals surface area contributed by atoms with Gasteiger partial charge in [-0.25, -0.2) is 0 Å². The third-order valence-electron chi connectivity index (χ3n) is 4.01. The lowest BCUT2D eigenvalue weighted by Gasteiger charge is -2.18. The summed E-state index contributed by atoms with van der Waals surface area (Å²) in [6.45, 7) is 1.78. The van der Waals surface area contributed by atoms with Gasteiger partial charge in [0, 0.05) is 35.2 Å². The SMILES string of the molecule is Cc1cc(NC(CC(=O)c2ccc([N+](=O)[O-])cc2)c2ccc(Cl)cc2)no1. The number of rotatable bonds is 7. The Hall–Kier alpha value is -3.19. The molecule has 1 N–H and O–H groups in total. The molecule has 138 valence electrons. The van der Waals surface area contributed by atoms with Gasteiger partial charge < -0.3 is 9.84 Å². The number of aromatic nitrogens is 1. The molecule has 0 aliphatic carbocycles. The molecule has 0 bridgehead atoms. The number of aryl methyl sites for hydroxylation is 1. The quantitative estimate of drug-likeness (QED) is 0.350. The first kappa shape index (κ1) is 18.6. The Bertz CT molecular complexity index is 952. The zero-order valence-corrected chi connectivity index (χ0v) is 15.1. The van der Waals surface area contributed by atoms with Crippen LogP contribution in [-0.2, 0) is 0 Å². The Kier molecular flexibility index (Phi) is 5.52. The summed E-state index contributed by atoms with van der Waals surface area (Å²) in [6, 6.07) is 14.1. The lowest BCUT2D eigenvalue weighted by molar-refractivity contribution is -0.384. The molecule has 8 heteroatoms. The smallest absolute Gasteiger partial charge is 0.269 e. The normalized spacial score (nSPS) is 11.8. The molecule has 1 atom stereocenters. The summed E-state index contributed by atoms with van der Waals surface area (Å²) in [5.74, 6) is 1.01. The van der Waals surface area contributed by atoms with Crippen LogP contribution in [0.25, 0.3) is 0 Å². The molecule has 27 heavy (non-hydrogen) atoms. The average molecular weight is 386 g/mol. The van der Waals surface area contributed by atoms with Crippen molar-refractivity contribution in [3.8, 4) is 0 Å². The molecule has 1 heterocycles. The molecular weight excluding hydrogens is 370 g/mol. The van der Waals surface area contributed by atoms with Crippen LogP contribution in [0, 0.1) is 17.0 Å². The number of nitro groups is 1. The number of nitro benzene ring substituents is 1. The van der Waals surface area contributed by atoms with E-state index in [1.807, 2.05) is 12.1 Å². The molecule has 0 amide bonds. The van der Waals surface area contributed by atoms with Crippen molar-refractivity contribution in [3.05, 3.63) is 86.6 Å². The second-order valence-corrected chi connectivity index (χ2v) is 6.44. The Balaban J connectivity index is 1.82. The van der Waals surface area contributed by atoms with Gasteiger partial charge >= 0.3 is 0 Å². The van der Waals surface area contributed by atoms with E-state index < -0.39 is 4.92 Å². The van der Waals surface area contributed by atoms with Crippen LogP contribution in [0.1, 0.15) is 34.1 Å². The highest BCUT2D eigenvalue weighted by atomic mass is 35.5. The van der Waals surface area contributed by atoms with E-state index in [-0.39, 0.29) is 23.9 Å². The van der Waals surface area contributed by atoms with Crippen molar-refractivity contribution in [1.82, 2.24) is 5.16 Å². The molecule has 0 spiro atoms. The van der Waals surface area contributed by atoms with E-state index in [4.69, 9.17) is 16.1 Å². The lowest BCUT2D eigenvalue weighted by atomic mass is 9.97. The second-order valence-electron chi connectivity index (χ2n) is 6.00. The molecule has 0 aliphatic rings. The van der Waals surface area contributed by atoms with Crippen LogP contribution in [0.2, 0.25) is 5.02 Å². The van der Waals surface area contributed by atoms with Crippen LogP contribution >= 0.6 is 11.6 Å². The molecule has 3 rings (SSSR count). The fraction of sp³-hybridized carbons (Fsp3) is 0.158. The molecule has 0 radical (unpaired) electrons. The number of carbonyl (C=O) groups is 1. The number of nitrogens with zero attached hydrogens (tertiary/aromatic N) is 2. The molecule has 1 unspecified atom stereocenters. The average Bonchev–Trinajstić information content (AvgIpc) is 3.06. The zero-order chi connectivity index (χ0) is 19.4. The number of ketones is 1. The van der Waals surface area contributed by atoms with Crippen LogP contribution in [0.3, 0.4) is 0 Å². The van der Waals surface area contributed by atoms with Crippen molar-refractivity contribution in [2.24, 2.45) is 0 Å². The minimum Gasteiger partial charge on any atom is -0.360 e. The maximum atomic E-state index is 12.7. The summed E-state index contributed by atoms with van der Waals surface area (Å²) < 4.78 is 5.06. The van der Waals surface area contributed by atoms with Gasteiger partial charge in [-0.1, -0.05) is 28.9 Å². The van der Waals surface area contributed by atoms with Gasteiger partial charge in [-0.2, -0.15) is 0 Å². The van der Waals surface area contributed by atoms with E-state index >= 15 is 0 Å². The Labute approximate surface area is 160 Å². The van der Waals surface area contributed by atoms with E-state index in [1.54, 1.807) is 25.1 Å². The molecule has 0 saturated heterocycles. The summed E-state index contributed by atoms with van der Waals surface area (Å²) in [5, 5.41) is 18.5. The summed E-state index contributed by atoms with van der Waals surface area (Å²) in [4.78, 5) is 23.0. The predicted octanol–water partition coefficient (Wildman–Crippen LogP) is 4.97. The van der Waals surface area contributed by atoms with Gasteiger partial charge in [-0.15, -0.1) is 0 Å². The Morgan fingerprint density at radius 2 is 1.89 bits per heavy atom. The fourth-order valence-corrected chi connectivity index (χ4v) is 2.76. The number of hydrogen-bond donors (Lipinski definition) is 1. The predicted molar refractivity (Wildman–Crippen MR) is 101 cm³/mol. The van der Waals surface area contributed by atoms with Crippen molar-refractivity contribution >= 4 is 28.9 Å². The number of hydrogen-bond acceptors (Lipinski definition) is 6. The number of halogens is 1. The first-order valence-electron chi connectivity index (χ1n) is 8.15. The first-order valence-corrected chi connectivity index (χ1v) is 8.53. The summed E-state index contributed by atoms with van der Waals surface area (Å²) in [5.41, 5.74) is 1.20. The molecular formula is C19H16ClN3O4. The summed E-state index contributed by atoms with van der Waals surface area (Å²) in [7, 11) is 0. The van der Waals surface area contributed by atoms with Crippen LogP contribution in [0.4, 0.5) is 11.5 Å². The monoisotopic (exact) mass is 385 g/mol. The Morgan fingerprint density at radius 3 is 2.44 bits per heavy atom. The fourth-order valence-electron chi connectivity index (χ4n) is 2.63. The van der Waals surface area contributed by atoms with Crippen LogP contribution in [-0.4, -0.2) is 15.9 Å². The van der Waals surface area contributed by atoms with Crippen molar-refractivity contribution in [3.63, 3.8) is 0 Å². The van der Waals surface area contributed by atoms with Crippen molar-refractivity contribution in [1.29, 1.82) is 0 Å². The van der Waals surface area contributed by atoms with E-state index in [9.17, 15) is 14.9 Å². The molecule has 0 fully saturated rings. The number of anilines is 1. The number of benzene rings is 2. The summed E-state index contributed by atoms with van der Waals surface area (Å²) in [6.07, 6.45) is 0.130. The van der Waals surface area contributed by atoms with Crippen LogP contribution in [0.15, 0.2) is 59.1 Å². The van der Waals surface area contributed by atoms with Gasteiger partial charge in [-0.05, 0) is 36.8 Å². The van der Waals surface area contributed by atoms with Crippen molar-refractivity contribution in [2.75, 3.05) is 5.32 Å². The largest absolute Gasteiger partial charge is 0.360 e. The third-order valence-corrected chi connectivity index (χ3v) is 4.26. The Morgan fingerprint density at radius 1 is 1.22 bits per heavy atom. The molecule has 0 aliphatic heterocycles. The lowest BCUT2D eigenvalue weighted by Crippen LogP contribution is -2.16. The van der Waals surface area contributed by atoms with Gasteiger partial charge in [0.1, 0.15) is 5.76 Å². The van der Waals surface area contributed by atoms with Gasteiger partial charge in [0.2, 0.25) is 0 Å². The maximum absolute atomic E-state index is 12.7. The molecule has 7 nitrogen and oxygen atoms in total. The standard InChI is InChI=1S/C19H16ClN3O4/c1-12-10-19(22-27-12)21-17(13-2-6-15(20)7-3-13)11-18(24)14-4-8-16(9-5-14)23(25)26/h2-10,17H,11H2,1H3,(H,21,22). The van der Waals surface area contributed by atoms with Crippen molar-refractivity contribution in [2.45, 2.75) is 19.4 Å². The number of nitrogens with one attached hydrogen (secondary N) is 1. The van der Waals surface area contributed by atoms with E-state index in [1.165, 1.54) is 24.3 Å². The topological polar surface area (TPSA) is 98.3 Å². The van der Waals surface area contributed by atoms with Crippen LogP contribution in [0.5, 0.6) is 0 Å². The molecule has 1 aromatic heterocycles. The number of carbonyl (C=O) groups excluding carboxylic acids is 1. The highest BCUT2D eigenvalue weighted by Gasteiger charge is 2.19. The highest BCUT2D eigenvalue weighted by Crippen LogP contribution is 2.26. The summed E-state index contributed by atoms with van der Waals surface area (Å²) >= 11 is 5.95. The first-order chi connectivity index (χ1) is 12.9. The molecule has 2 aromatic carbocycles. The molecule has 3 aromatic rings. The maximum Gasteiger partial charge on any atom is 0.269 e. The van der Waals surface area contributed by atoms with Gasteiger partial charge in [0.25, 0.3) is 5.69 Å². The molecule has 0 saturated carbocycles. The van der Waals surface area contributed by atoms with E-state index in [0.29, 0.717) is 22.2 Å². The third kappa shape index (κ3) is 4.71. The van der Waals surface area contributed by atoms with Crippen LogP contribution < -0.4 is 5.32 Å². The van der Waals surface area contributed by atoms with Gasteiger partial charge in [-0.3, -0.25) is 14.9 Å². The van der Waals surface area contributed by atoms with E-state index in [0.717, 1.165) is 5.56 Å². The minimum atomic E-state index is -0.501. The number of Topliss-reactive ketones (excluding diaryl/α,β-unsaturated/α-hetero) is 1. The van der Waals surface area contributed by atoms with Gasteiger partial charge in [0.05, 0.1) is 11.0 Å². The van der Waals surface area contributed by atoms with Crippen molar-refractivity contribution < 1.29 is 14.2 Å². The van der Waals surface area contributed by atoms with E-state index in [2.05, 4.69) is 10.5 Å². The minimum absolute atomic E-state index is 0.0583. The number of non-ortho nitro benzene ring substituents is 1. The second kappa shape index (κ2) is 8.01.